The van der Waals surface area contributed by atoms with E-state index in [-0.39, 0.29) is 31.0 Å². The quantitative estimate of drug-likeness (QED) is 0.816. The number of ether oxygens (including phenoxy) is 2. The molecule has 0 spiro atoms. The summed E-state index contributed by atoms with van der Waals surface area (Å²) in [4.78, 5) is 26.3. The summed E-state index contributed by atoms with van der Waals surface area (Å²) in [6.07, 6.45) is 1.87. The Morgan fingerprint density at radius 2 is 1.81 bits per heavy atom. The van der Waals surface area contributed by atoms with Gasteiger partial charge in [-0.1, -0.05) is 30.3 Å². The van der Waals surface area contributed by atoms with Crippen molar-refractivity contribution in [3.05, 3.63) is 60.2 Å². The standard InChI is InChI=1S/C21H24N2O4/c1-26-17-11-9-16(10-12-17)19-8-5-13-23(19)21(25)14-22-20(24)15-27-18-6-3-2-4-7-18/h2-4,6-7,9-12,19H,5,8,13-15H2,1H3,(H,22,24)/t19-/m0/s1. The summed E-state index contributed by atoms with van der Waals surface area (Å²) in [5, 5.41) is 2.64. The van der Waals surface area contributed by atoms with Crippen LogP contribution in [0.5, 0.6) is 11.5 Å². The third kappa shape index (κ3) is 5.00. The third-order valence-corrected chi connectivity index (χ3v) is 4.62. The van der Waals surface area contributed by atoms with E-state index in [1.165, 1.54) is 0 Å². The Hall–Kier alpha value is -3.02. The molecule has 0 saturated carbocycles. The number of nitrogens with one attached hydrogen (secondary N) is 1. The van der Waals surface area contributed by atoms with E-state index in [2.05, 4.69) is 5.32 Å². The summed E-state index contributed by atoms with van der Waals surface area (Å²) < 4.78 is 10.6. The van der Waals surface area contributed by atoms with Gasteiger partial charge in [0, 0.05) is 6.54 Å². The van der Waals surface area contributed by atoms with Crippen LogP contribution in [0, 0.1) is 0 Å². The summed E-state index contributed by atoms with van der Waals surface area (Å²) in [7, 11) is 1.63. The number of carbonyl (C=O) groups is 2. The number of amides is 2. The van der Waals surface area contributed by atoms with Crippen LogP contribution in [0.1, 0.15) is 24.4 Å². The van der Waals surface area contributed by atoms with Crippen LogP contribution in [0.2, 0.25) is 0 Å². The monoisotopic (exact) mass is 368 g/mol. The van der Waals surface area contributed by atoms with E-state index in [9.17, 15) is 9.59 Å². The Kier molecular flexibility index (Phi) is 6.30. The first-order valence-electron chi connectivity index (χ1n) is 9.05. The van der Waals surface area contributed by atoms with Crippen LogP contribution in [0.15, 0.2) is 54.6 Å². The summed E-state index contributed by atoms with van der Waals surface area (Å²) in [6, 6.07) is 16.9. The molecule has 27 heavy (non-hydrogen) atoms. The van der Waals surface area contributed by atoms with Crippen LogP contribution in [-0.2, 0) is 9.59 Å². The number of methoxy groups -OCH3 is 1. The van der Waals surface area contributed by atoms with Crippen molar-refractivity contribution < 1.29 is 19.1 Å². The van der Waals surface area contributed by atoms with Crippen molar-refractivity contribution in [2.24, 2.45) is 0 Å². The molecule has 2 amide bonds. The van der Waals surface area contributed by atoms with Gasteiger partial charge in [0.15, 0.2) is 6.61 Å². The van der Waals surface area contributed by atoms with Gasteiger partial charge in [-0.05, 0) is 42.7 Å². The van der Waals surface area contributed by atoms with E-state index < -0.39 is 0 Å². The topological polar surface area (TPSA) is 67.9 Å². The van der Waals surface area contributed by atoms with Crippen molar-refractivity contribution in [3.63, 3.8) is 0 Å². The predicted octanol–water partition coefficient (Wildman–Crippen LogP) is 2.55. The smallest absolute Gasteiger partial charge is 0.258 e. The summed E-state index contributed by atoms with van der Waals surface area (Å²) in [5.74, 6) is 1.02. The minimum Gasteiger partial charge on any atom is -0.497 e. The van der Waals surface area contributed by atoms with E-state index in [1.54, 1.807) is 19.2 Å². The van der Waals surface area contributed by atoms with Crippen LogP contribution in [0.3, 0.4) is 0 Å². The lowest BCUT2D eigenvalue weighted by atomic mass is 10.0. The number of hydrogen-bond acceptors (Lipinski definition) is 4. The van der Waals surface area contributed by atoms with Crippen LogP contribution in [0.4, 0.5) is 0 Å². The molecule has 1 aliphatic rings. The Balaban J connectivity index is 1.49. The van der Waals surface area contributed by atoms with Gasteiger partial charge < -0.3 is 19.7 Å². The van der Waals surface area contributed by atoms with Gasteiger partial charge in [0.1, 0.15) is 11.5 Å². The average Bonchev–Trinajstić information content (AvgIpc) is 3.21. The van der Waals surface area contributed by atoms with Crippen LogP contribution in [-0.4, -0.2) is 43.5 Å². The fourth-order valence-corrected chi connectivity index (χ4v) is 3.23. The Morgan fingerprint density at radius 3 is 2.52 bits per heavy atom. The highest BCUT2D eigenvalue weighted by atomic mass is 16.5. The van der Waals surface area contributed by atoms with Gasteiger partial charge in [-0.2, -0.15) is 0 Å². The largest absolute Gasteiger partial charge is 0.497 e. The average molecular weight is 368 g/mol. The van der Waals surface area contributed by atoms with Gasteiger partial charge in [-0.15, -0.1) is 0 Å². The van der Waals surface area contributed by atoms with Crippen LogP contribution >= 0.6 is 0 Å². The number of para-hydroxylation sites is 1. The second-order valence-electron chi connectivity index (χ2n) is 6.40. The molecule has 0 aliphatic carbocycles. The molecule has 2 aromatic carbocycles. The third-order valence-electron chi connectivity index (χ3n) is 4.62. The number of carbonyl (C=O) groups excluding carboxylic acids is 2. The number of nitrogens with zero attached hydrogens (tertiary/aromatic N) is 1. The summed E-state index contributed by atoms with van der Waals surface area (Å²) >= 11 is 0. The maximum atomic E-state index is 12.6. The van der Waals surface area contributed by atoms with Gasteiger partial charge in [-0.25, -0.2) is 0 Å². The molecule has 3 rings (SSSR count). The Morgan fingerprint density at radius 1 is 1.07 bits per heavy atom. The second kappa shape index (κ2) is 9.07. The predicted molar refractivity (Wildman–Crippen MR) is 102 cm³/mol. The molecule has 1 fully saturated rings. The van der Waals surface area contributed by atoms with E-state index in [1.807, 2.05) is 47.4 Å². The first-order chi connectivity index (χ1) is 13.2. The molecule has 1 N–H and O–H groups in total. The van der Waals surface area contributed by atoms with Gasteiger partial charge >= 0.3 is 0 Å². The van der Waals surface area contributed by atoms with E-state index in [0.29, 0.717) is 12.3 Å². The first kappa shape index (κ1) is 18.8. The molecule has 1 heterocycles. The molecule has 6 nitrogen and oxygen atoms in total. The summed E-state index contributed by atoms with van der Waals surface area (Å²) in [5.41, 5.74) is 1.08. The molecule has 0 bridgehead atoms. The number of hydrogen-bond donors (Lipinski definition) is 1. The highest BCUT2D eigenvalue weighted by molar-refractivity contribution is 5.85. The molecule has 1 aliphatic heterocycles. The van der Waals surface area contributed by atoms with Gasteiger partial charge in [0.2, 0.25) is 5.91 Å². The fraction of sp³-hybridized carbons (Fsp3) is 0.333. The zero-order valence-corrected chi connectivity index (χ0v) is 15.4. The maximum Gasteiger partial charge on any atom is 0.258 e. The van der Waals surface area contributed by atoms with Gasteiger partial charge in [0.25, 0.3) is 5.91 Å². The molecule has 1 atom stereocenters. The van der Waals surface area contributed by atoms with Crippen molar-refractivity contribution in [1.82, 2.24) is 10.2 Å². The van der Waals surface area contributed by atoms with Crippen molar-refractivity contribution >= 4 is 11.8 Å². The molecule has 6 heteroatoms. The number of benzene rings is 2. The highest BCUT2D eigenvalue weighted by Crippen LogP contribution is 2.32. The van der Waals surface area contributed by atoms with E-state index in [0.717, 1.165) is 24.2 Å². The van der Waals surface area contributed by atoms with Crippen molar-refractivity contribution in [2.45, 2.75) is 18.9 Å². The fourth-order valence-electron chi connectivity index (χ4n) is 3.23. The Bertz CT molecular complexity index is 762. The van der Waals surface area contributed by atoms with Gasteiger partial charge in [-0.3, -0.25) is 9.59 Å². The SMILES string of the molecule is COc1ccc([C@@H]2CCCN2C(=O)CNC(=O)COc2ccccc2)cc1. The van der Waals surface area contributed by atoms with E-state index in [4.69, 9.17) is 9.47 Å². The maximum absolute atomic E-state index is 12.6. The molecule has 1 saturated heterocycles. The summed E-state index contributed by atoms with van der Waals surface area (Å²) in [6.45, 7) is 0.564. The minimum absolute atomic E-state index is 0.0242. The van der Waals surface area contributed by atoms with Crippen LogP contribution in [0.25, 0.3) is 0 Å². The van der Waals surface area contributed by atoms with Crippen molar-refractivity contribution in [3.8, 4) is 11.5 Å². The van der Waals surface area contributed by atoms with E-state index >= 15 is 0 Å². The molecule has 142 valence electrons. The molecule has 0 aromatic heterocycles. The molecular weight excluding hydrogens is 344 g/mol. The number of likely N-dealkylation sites (tertiary alicyclic amines) is 1. The first-order valence-corrected chi connectivity index (χ1v) is 9.05. The second-order valence-corrected chi connectivity index (χ2v) is 6.40. The lowest BCUT2D eigenvalue weighted by molar-refractivity contribution is -0.134. The van der Waals surface area contributed by atoms with Crippen molar-refractivity contribution in [2.75, 3.05) is 26.8 Å². The molecular formula is C21H24N2O4. The zero-order valence-electron chi connectivity index (χ0n) is 15.4. The minimum atomic E-state index is -0.313. The molecule has 2 aromatic rings. The molecule has 0 unspecified atom stereocenters. The lowest BCUT2D eigenvalue weighted by Gasteiger charge is -2.25. The number of rotatable bonds is 7. The lowest BCUT2D eigenvalue weighted by Crippen LogP contribution is -2.41. The Labute approximate surface area is 159 Å². The normalized spacial score (nSPS) is 16.0. The van der Waals surface area contributed by atoms with Gasteiger partial charge in [0.05, 0.1) is 19.7 Å². The van der Waals surface area contributed by atoms with Crippen molar-refractivity contribution in [1.29, 1.82) is 0 Å². The zero-order chi connectivity index (χ0) is 19.1. The highest BCUT2D eigenvalue weighted by Gasteiger charge is 2.29. The molecule has 0 radical (unpaired) electrons. The van der Waals surface area contributed by atoms with Crippen LogP contribution < -0.4 is 14.8 Å².